The molecule has 3 aliphatic heterocycles. The number of rotatable bonds is 5. The number of nitrogens with zero attached hydrogens (tertiary/aromatic N) is 5. The molecule has 0 fully saturated rings. The molecule has 4 aliphatic rings. The summed E-state index contributed by atoms with van der Waals surface area (Å²) in [6, 6.07) is 19.2. The van der Waals surface area contributed by atoms with E-state index < -0.39 is 13.1 Å². The fraction of sp³-hybridized carbons (Fsp3) is 0.129. The Bertz CT molecular complexity index is 2000. The Morgan fingerprint density at radius 3 is 2.55 bits per heavy atom. The van der Waals surface area contributed by atoms with Gasteiger partial charge in [-0.2, -0.15) is 0 Å². The normalized spacial score (nSPS) is 19.7. The van der Waals surface area contributed by atoms with Crippen molar-refractivity contribution in [2.24, 2.45) is 0 Å². The second-order valence-electron chi connectivity index (χ2n) is 11.0. The third-order valence-corrected chi connectivity index (χ3v) is 8.61. The van der Waals surface area contributed by atoms with Crippen molar-refractivity contribution < 1.29 is 27.4 Å². The monoisotopic (exact) mass is 610 g/mol. The fourth-order valence-corrected chi connectivity index (χ4v) is 6.64. The lowest BCUT2D eigenvalue weighted by Gasteiger charge is -2.36. The lowest BCUT2D eigenvalue weighted by Crippen LogP contribution is -2.52. The molecule has 5 heterocycles. The smallest absolute Gasteiger partial charge is 0.484 e. The largest absolute Gasteiger partial charge is 0.640 e. The number of Topliss-reactive ketones (excluding diaryl/α,β-unsaturated/α-hetero) is 2. The van der Waals surface area contributed by atoms with Crippen molar-refractivity contribution in [1.82, 2.24) is 24.8 Å². The third-order valence-electron chi connectivity index (χ3n) is 8.30. The summed E-state index contributed by atoms with van der Waals surface area (Å²) in [5.74, 6) is -0.192. The molecule has 0 saturated heterocycles. The Balaban J connectivity index is 1.02. The van der Waals surface area contributed by atoms with Crippen LogP contribution in [0.1, 0.15) is 44.1 Å². The highest BCUT2D eigenvalue weighted by atomic mass is 35.5. The summed E-state index contributed by atoms with van der Waals surface area (Å²) in [6.07, 6.45) is 4.77. The topological polar surface area (TPSA) is 94.1 Å². The highest BCUT2D eigenvalue weighted by Crippen LogP contribution is 2.41. The first kappa shape index (κ1) is 26.5. The van der Waals surface area contributed by atoms with Gasteiger partial charge in [0.15, 0.2) is 11.5 Å². The second kappa shape index (κ2) is 9.71. The van der Waals surface area contributed by atoms with E-state index in [1.807, 2.05) is 30.3 Å². The van der Waals surface area contributed by atoms with Crippen molar-refractivity contribution in [2.75, 3.05) is 0 Å². The molecule has 0 amide bonds. The Kier molecular flexibility index (Phi) is 5.86. The molecule has 1 unspecified atom stereocenters. The molecule has 9 nitrogen and oxygen atoms in total. The molecule has 44 heavy (non-hydrogen) atoms. The zero-order valence-corrected chi connectivity index (χ0v) is 23.7. The molecule has 1 atom stereocenters. The van der Waals surface area contributed by atoms with Gasteiger partial charge in [-0.05, 0) is 23.8 Å². The number of amidine groups is 1. The molecular weight excluding hydrogens is 589 g/mol. The van der Waals surface area contributed by atoms with Crippen LogP contribution in [-0.2, 0) is 17.8 Å². The first-order chi connectivity index (χ1) is 21.3. The van der Waals surface area contributed by atoms with Crippen molar-refractivity contribution in [3.05, 3.63) is 135 Å². The molecule has 0 spiro atoms. The number of nitrogens with one attached hydrogen (secondary N) is 1. The molecule has 2 aromatic carbocycles. The molecule has 2 aromatic heterocycles. The first-order valence-electron chi connectivity index (χ1n) is 14.1. The molecule has 0 radical (unpaired) electrons. The van der Waals surface area contributed by atoms with Gasteiger partial charge in [0.2, 0.25) is 11.6 Å². The van der Waals surface area contributed by atoms with E-state index in [1.165, 1.54) is 6.07 Å². The van der Waals surface area contributed by atoms with Crippen molar-refractivity contribution in [3.8, 4) is 0 Å². The second-order valence-corrected chi connectivity index (χ2v) is 11.3. The number of hydrogen-bond donors (Lipinski definition) is 1. The minimum atomic E-state index is -4.30. The molecule has 0 saturated carbocycles. The fourth-order valence-electron chi connectivity index (χ4n) is 6.37. The molecule has 13 heteroatoms. The van der Waals surface area contributed by atoms with Crippen LogP contribution in [0.2, 0.25) is 5.15 Å². The summed E-state index contributed by atoms with van der Waals surface area (Å²) in [6.45, 7) is -3.92. The minimum absolute atomic E-state index is 0.0516. The molecule has 1 N–H and O–H groups in total. The van der Waals surface area contributed by atoms with Gasteiger partial charge in [0.25, 0.3) is 0 Å². The van der Waals surface area contributed by atoms with Gasteiger partial charge in [0.05, 0.1) is 23.6 Å². The van der Waals surface area contributed by atoms with Gasteiger partial charge < -0.3 is 22.3 Å². The standard InChI is InChI=1S/C31H22BClF2N6O3/c33-26-12-10-24-28(18-6-2-1-3-7-18)25-11-13-27(41(25)32(34,35)40(24)26)36-15-19-16-39(38-37-19)17-20-14-23-29(42)21-8-4-5-9-22(21)30(43)31(23)44-20/h1-13,16,20,36H,14-15,17H2. The molecule has 218 valence electrons. The predicted octanol–water partition coefficient (Wildman–Crippen LogP) is 4.62. The maximum Gasteiger partial charge on any atom is 0.640 e. The average molecular weight is 611 g/mol. The number of hydrogen-bond acceptors (Lipinski definition) is 6. The maximum absolute atomic E-state index is 16.0. The van der Waals surface area contributed by atoms with E-state index >= 15 is 8.63 Å². The van der Waals surface area contributed by atoms with Crippen LogP contribution >= 0.6 is 11.6 Å². The zero-order chi connectivity index (χ0) is 30.2. The van der Waals surface area contributed by atoms with Crippen LogP contribution in [-0.4, -0.2) is 54.4 Å². The third kappa shape index (κ3) is 3.94. The quantitative estimate of drug-likeness (QED) is 0.332. The lowest BCUT2D eigenvalue weighted by atomic mass is 9.86. The summed E-state index contributed by atoms with van der Waals surface area (Å²) in [4.78, 5) is 25.9. The van der Waals surface area contributed by atoms with Crippen molar-refractivity contribution in [3.63, 3.8) is 0 Å². The highest BCUT2D eigenvalue weighted by Gasteiger charge is 2.49. The minimum Gasteiger partial charge on any atom is -0.484 e. The van der Waals surface area contributed by atoms with Gasteiger partial charge in [0.1, 0.15) is 18.3 Å². The van der Waals surface area contributed by atoms with E-state index in [9.17, 15) is 9.59 Å². The zero-order valence-electron chi connectivity index (χ0n) is 23.0. The molecule has 8 rings (SSSR count). The maximum atomic E-state index is 16.0. The molecule has 4 aromatic rings. The van der Waals surface area contributed by atoms with Gasteiger partial charge in [-0.3, -0.25) is 14.9 Å². The van der Waals surface area contributed by atoms with Crippen LogP contribution in [0.4, 0.5) is 8.63 Å². The van der Waals surface area contributed by atoms with Crippen LogP contribution in [0.3, 0.4) is 0 Å². The van der Waals surface area contributed by atoms with E-state index in [-0.39, 0.29) is 47.8 Å². The van der Waals surface area contributed by atoms with Crippen molar-refractivity contribution in [1.29, 1.82) is 0 Å². The number of benzene rings is 2. The van der Waals surface area contributed by atoms with Crippen LogP contribution < -0.4 is 5.32 Å². The van der Waals surface area contributed by atoms with Crippen molar-refractivity contribution in [2.45, 2.75) is 25.6 Å². The SMILES string of the molecule is O=C1C2=C(OC(Cn3cc(CNC4=[N+]5C(=C(c6ccccc6)c6ccc(Cl)n6[B-]5(F)F)C=C4)nn3)C2)C(=O)c2ccccc21. The number of carbonyl (C=O) groups is 2. The number of fused-ring (bicyclic) bond motifs is 3. The van der Waals surface area contributed by atoms with E-state index in [2.05, 4.69) is 15.6 Å². The Morgan fingerprint density at radius 1 is 1.00 bits per heavy atom. The van der Waals surface area contributed by atoms with Gasteiger partial charge in [-0.25, -0.2) is 4.68 Å². The van der Waals surface area contributed by atoms with Crippen LogP contribution in [0.15, 0.2) is 102 Å². The average Bonchev–Trinajstić information content (AvgIpc) is 3.83. The Hall–Kier alpha value is -5.10. The summed E-state index contributed by atoms with van der Waals surface area (Å²) in [7, 11) is 0. The summed E-state index contributed by atoms with van der Waals surface area (Å²) in [5, 5.41) is 11.4. The van der Waals surface area contributed by atoms with E-state index in [4.69, 9.17) is 16.3 Å². The summed E-state index contributed by atoms with van der Waals surface area (Å²) >= 11 is 6.29. The first-order valence-corrected chi connectivity index (χ1v) is 14.4. The van der Waals surface area contributed by atoms with Crippen LogP contribution in [0.25, 0.3) is 5.57 Å². The van der Waals surface area contributed by atoms with Crippen LogP contribution in [0.5, 0.6) is 0 Å². The van der Waals surface area contributed by atoms with E-state index in [0.29, 0.717) is 39.4 Å². The Labute approximate surface area is 254 Å². The number of halogens is 3. The Morgan fingerprint density at radius 2 is 1.75 bits per heavy atom. The number of carbonyl (C=O) groups excluding carboxylic acids is 2. The van der Waals surface area contributed by atoms with E-state index in [0.717, 1.165) is 14.5 Å². The van der Waals surface area contributed by atoms with Gasteiger partial charge in [-0.1, -0.05) is 71.4 Å². The number of aromatic nitrogens is 4. The van der Waals surface area contributed by atoms with Crippen LogP contribution in [0, 0.1) is 0 Å². The number of allylic oxidation sites excluding steroid dienone is 2. The number of ketones is 2. The van der Waals surface area contributed by atoms with Crippen molar-refractivity contribution >= 4 is 41.5 Å². The summed E-state index contributed by atoms with van der Waals surface area (Å²) in [5.41, 5.74) is 3.78. The van der Waals surface area contributed by atoms with E-state index in [1.54, 1.807) is 53.4 Å². The number of ether oxygens (including phenoxy) is 1. The van der Waals surface area contributed by atoms with Gasteiger partial charge >= 0.3 is 6.97 Å². The molecule has 1 aliphatic carbocycles. The van der Waals surface area contributed by atoms with Gasteiger partial charge in [0, 0.05) is 40.5 Å². The molecule has 0 bridgehead atoms. The summed E-state index contributed by atoms with van der Waals surface area (Å²) < 4.78 is 41.4. The lowest BCUT2D eigenvalue weighted by molar-refractivity contribution is -0.363. The predicted molar refractivity (Wildman–Crippen MR) is 158 cm³/mol. The highest BCUT2D eigenvalue weighted by molar-refractivity contribution is 6.59. The molecular formula is C31H22BClF2N6O3. The van der Waals surface area contributed by atoms with Gasteiger partial charge in [-0.15, -0.1) is 5.10 Å².